The fourth-order valence-electron chi connectivity index (χ4n) is 2.82. The molecule has 1 aliphatic heterocycles. The lowest BCUT2D eigenvalue weighted by Crippen LogP contribution is -2.52. The molecule has 0 radical (unpaired) electrons. The maximum Gasteiger partial charge on any atom is 0.320 e. The van der Waals surface area contributed by atoms with Crippen LogP contribution in [0.5, 0.6) is 0 Å². The number of rotatable bonds is 6. The molecule has 1 heterocycles. The molecule has 1 N–H and O–H groups in total. The molecule has 1 atom stereocenters. The lowest BCUT2D eigenvalue weighted by Gasteiger charge is -2.40. The number of urea groups is 1. The van der Waals surface area contributed by atoms with Gasteiger partial charge in [0.15, 0.2) is 0 Å². The van der Waals surface area contributed by atoms with Crippen LogP contribution in [0.1, 0.15) is 59.3 Å². The second-order valence-corrected chi connectivity index (χ2v) is 5.85. The Bertz CT molecular complexity index is 331. The lowest BCUT2D eigenvalue weighted by atomic mass is 9.98. The van der Waals surface area contributed by atoms with Crippen molar-refractivity contribution in [2.45, 2.75) is 71.4 Å². The highest BCUT2D eigenvalue weighted by Gasteiger charge is 2.30. The van der Waals surface area contributed by atoms with E-state index < -0.39 is 5.97 Å². The Morgan fingerprint density at radius 2 is 2.05 bits per heavy atom. The molecule has 0 aliphatic carbocycles. The van der Waals surface area contributed by atoms with Gasteiger partial charge in [-0.25, -0.2) is 4.79 Å². The minimum atomic E-state index is -0.780. The molecule has 1 saturated heterocycles. The predicted molar refractivity (Wildman–Crippen MR) is 78.7 cm³/mol. The van der Waals surface area contributed by atoms with Crippen LogP contribution in [0.25, 0.3) is 0 Å². The third-order valence-corrected chi connectivity index (χ3v) is 3.90. The van der Waals surface area contributed by atoms with E-state index in [0.29, 0.717) is 6.42 Å². The number of likely N-dealkylation sites (tertiary alicyclic amines) is 1. The number of carboxylic acids is 1. The normalized spacial score (nSPS) is 19.2. The van der Waals surface area contributed by atoms with Crippen LogP contribution in [0.4, 0.5) is 4.79 Å². The van der Waals surface area contributed by atoms with Gasteiger partial charge in [0.25, 0.3) is 0 Å². The summed E-state index contributed by atoms with van der Waals surface area (Å²) in [6, 6.07) is 0.354. The molecule has 0 bridgehead atoms. The zero-order valence-electron chi connectivity index (χ0n) is 13.0. The average molecular weight is 284 g/mol. The predicted octanol–water partition coefficient (Wildman–Crippen LogP) is 2.95. The largest absolute Gasteiger partial charge is 0.481 e. The van der Waals surface area contributed by atoms with Crippen LogP contribution < -0.4 is 0 Å². The Labute approximate surface area is 121 Å². The third-order valence-electron chi connectivity index (χ3n) is 3.90. The van der Waals surface area contributed by atoms with Crippen LogP contribution in [0.15, 0.2) is 0 Å². The van der Waals surface area contributed by atoms with Gasteiger partial charge >= 0.3 is 12.0 Å². The molecule has 0 saturated carbocycles. The summed E-state index contributed by atoms with van der Waals surface area (Å²) in [7, 11) is 0. The van der Waals surface area contributed by atoms with Crippen molar-refractivity contribution in [1.82, 2.24) is 9.80 Å². The van der Waals surface area contributed by atoms with Crippen molar-refractivity contribution in [2.75, 3.05) is 13.1 Å². The van der Waals surface area contributed by atoms with E-state index in [0.717, 1.165) is 38.8 Å². The van der Waals surface area contributed by atoms with Crippen LogP contribution >= 0.6 is 0 Å². The average Bonchev–Trinajstić information content (AvgIpc) is 2.41. The number of carboxylic acid groups (broad SMARTS) is 1. The van der Waals surface area contributed by atoms with Gasteiger partial charge in [-0.3, -0.25) is 4.79 Å². The Hall–Kier alpha value is -1.26. The quantitative estimate of drug-likeness (QED) is 0.815. The molecule has 0 aromatic rings. The van der Waals surface area contributed by atoms with E-state index >= 15 is 0 Å². The van der Waals surface area contributed by atoms with Gasteiger partial charge in [-0.05, 0) is 46.0 Å². The van der Waals surface area contributed by atoms with Gasteiger partial charge in [0.05, 0.1) is 0 Å². The fourth-order valence-corrected chi connectivity index (χ4v) is 2.82. The van der Waals surface area contributed by atoms with Crippen molar-refractivity contribution < 1.29 is 14.7 Å². The Balaban J connectivity index is 2.71. The molecule has 0 aromatic carbocycles. The van der Waals surface area contributed by atoms with Gasteiger partial charge in [0.1, 0.15) is 0 Å². The van der Waals surface area contributed by atoms with Crippen molar-refractivity contribution in [3.63, 3.8) is 0 Å². The number of piperidine rings is 1. The van der Waals surface area contributed by atoms with Crippen LogP contribution in [-0.2, 0) is 4.79 Å². The van der Waals surface area contributed by atoms with Crippen molar-refractivity contribution in [2.24, 2.45) is 0 Å². The van der Waals surface area contributed by atoms with E-state index in [1.54, 1.807) is 0 Å². The highest BCUT2D eigenvalue weighted by Crippen LogP contribution is 2.23. The molecule has 5 heteroatoms. The van der Waals surface area contributed by atoms with E-state index in [4.69, 9.17) is 5.11 Å². The first-order chi connectivity index (χ1) is 9.47. The van der Waals surface area contributed by atoms with Crippen molar-refractivity contribution in [1.29, 1.82) is 0 Å². The molecule has 0 aromatic heterocycles. The van der Waals surface area contributed by atoms with Crippen molar-refractivity contribution in [3.8, 4) is 0 Å². The fraction of sp³-hybridized carbons (Fsp3) is 0.867. The second-order valence-electron chi connectivity index (χ2n) is 5.85. The highest BCUT2D eigenvalue weighted by atomic mass is 16.4. The molecule has 0 spiro atoms. The van der Waals surface area contributed by atoms with Crippen molar-refractivity contribution in [3.05, 3.63) is 0 Å². The van der Waals surface area contributed by atoms with E-state index in [2.05, 4.69) is 6.92 Å². The molecule has 5 nitrogen and oxygen atoms in total. The topological polar surface area (TPSA) is 60.9 Å². The molecule has 2 amide bonds. The number of carbonyl (C=O) groups is 2. The highest BCUT2D eigenvalue weighted by molar-refractivity contribution is 5.75. The van der Waals surface area contributed by atoms with Gasteiger partial charge in [-0.1, -0.05) is 6.92 Å². The number of carbonyl (C=O) groups excluding carboxylic acids is 1. The van der Waals surface area contributed by atoms with Crippen LogP contribution in [0.3, 0.4) is 0 Å². The van der Waals surface area contributed by atoms with Crippen molar-refractivity contribution >= 4 is 12.0 Å². The maximum absolute atomic E-state index is 12.7. The van der Waals surface area contributed by atoms with Gasteiger partial charge in [-0.15, -0.1) is 0 Å². The first-order valence-electron chi connectivity index (χ1n) is 7.76. The van der Waals surface area contributed by atoms with E-state index in [9.17, 15) is 9.59 Å². The molecule has 1 aliphatic rings. The smallest absolute Gasteiger partial charge is 0.320 e. The first kappa shape index (κ1) is 16.8. The molecular weight excluding hydrogens is 256 g/mol. The molecule has 20 heavy (non-hydrogen) atoms. The summed E-state index contributed by atoms with van der Waals surface area (Å²) < 4.78 is 0. The summed E-state index contributed by atoms with van der Waals surface area (Å²) >= 11 is 0. The van der Waals surface area contributed by atoms with Gasteiger partial charge in [0, 0.05) is 31.6 Å². The van der Waals surface area contributed by atoms with Gasteiger partial charge in [0.2, 0.25) is 0 Å². The van der Waals surface area contributed by atoms with Crippen LogP contribution in [0.2, 0.25) is 0 Å². The van der Waals surface area contributed by atoms with E-state index in [1.165, 1.54) is 0 Å². The minimum Gasteiger partial charge on any atom is -0.481 e. The first-order valence-corrected chi connectivity index (χ1v) is 7.76. The third kappa shape index (κ3) is 4.69. The number of hydrogen-bond acceptors (Lipinski definition) is 2. The van der Waals surface area contributed by atoms with E-state index in [-0.39, 0.29) is 24.5 Å². The summed E-state index contributed by atoms with van der Waals surface area (Å²) in [5, 5.41) is 8.84. The SMILES string of the molecule is CCCN(C(=O)N1CCCCC1CCC(=O)O)C(C)C. The van der Waals surface area contributed by atoms with Crippen LogP contribution in [-0.4, -0.2) is 52.1 Å². The molecule has 1 unspecified atom stereocenters. The summed E-state index contributed by atoms with van der Waals surface area (Å²) in [4.78, 5) is 27.2. The molecule has 1 fully saturated rings. The standard InChI is InChI=1S/C15H28N2O3/c1-4-10-16(12(2)3)15(20)17-11-6-5-7-13(17)8-9-14(18)19/h12-13H,4-11H2,1-3H3,(H,18,19). The molecule has 116 valence electrons. The Morgan fingerprint density at radius 1 is 1.35 bits per heavy atom. The molecular formula is C15H28N2O3. The number of amides is 2. The Kier molecular flexibility index (Phi) is 6.82. The number of hydrogen-bond donors (Lipinski definition) is 1. The summed E-state index contributed by atoms with van der Waals surface area (Å²) in [5.74, 6) is -0.780. The van der Waals surface area contributed by atoms with Crippen LogP contribution in [0, 0.1) is 0 Å². The summed E-state index contributed by atoms with van der Waals surface area (Å²) in [6.45, 7) is 7.66. The van der Waals surface area contributed by atoms with Gasteiger partial charge in [-0.2, -0.15) is 0 Å². The number of aliphatic carboxylic acids is 1. The number of nitrogens with zero attached hydrogens (tertiary/aromatic N) is 2. The van der Waals surface area contributed by atoms with E-state index in [1.807, 2.05) is 23.6 Å². The minimum absolute atomic E-state index is 0.0805. The monoisotopic (exact) mass is 284 g/mol. The Morgan fingerprint density at radius 3 is 2.60 bits per heavy atom. The second kappa shape index (κ2) is 8.12. The maximum atomic E-state index is 12.7. The lowest BCUT2D eigenvalue weighted by molar-refractivity contribution is -0.137. The molecule has 1 rings (SSSR count). The summed E-state index contributed by atoms with van der Waals surface area (Å²) in [5.41, 5.74) is 0. The van der Waals surface area contributed by atoms with Gasteiger partial charge < -0.3 is 14.9 Å². The zero-order chi connectivity index (χ0) is 15.1. The summed E-state index contributed by atoms with van der Waals surface area (Å²) in [6.07, 6.45) is 4.69. The zero-order valence-corrected chi connectivity index (χ0v) is 13.0.